The number of aliphatic hydroxyl groups is 1. The summed E-state index contributed by atoms with van der Waals surface area (Å²) in [5.41, 5.74) is 5.73. The molecule has 3 aromatic heterocycles. The van der Waals surface area contributed by atoms with Crippen molar-refractivity contribution in [2.75, 3.05) is 13.7 Å². The van der Waals surface area contributed by atoms with Crippen LogP contribution in [0.15, 0.2) is 45.8 Å². The van der Waals surface area contributed by atoms with Gasteiger partial charge in [0.25, 0.3) is 5.56 Å². The minimum atomic E-state index is -0.0674. The SMILES string of the molecule is COc1ccc(CN2CCc3c(nc4cc(-c5ccoc5C)[nH]n4c3=O)C2)cc1CO. The molecule has 0 amide bonds. The quantitative estimate of drug-likeness (QED) is 0.515. The Kier molecular flexibility index (Phi) is 4.88. The highest BCUT2D eigenvalue weighted by molar-refractivity contribution is 5.65. The lowest BCUT2D eigenvalue weighted by Gasteiger charge is -2.27. The summed E-state index contributed by atoms with van der Waals surface area (Å²) in [6.07, 6.45) is 2.28. The number of hydrogen-bond donors (Lipinski definition) is 2. The average molecular weight is 420 g/mol. The Morgan fingerprint density at radius 2 is 2.16 bits per heavy atom. The van der Waals surface area contributed by atoms with Crippen molar-refractivity contribution in [3.8, 4) is 17.0 Å². The van der Waals surface area contributed by atoms with E-state index < -0.39 is 0 Å². The molecule has 0 fully saturated rings. The lowest BCUT2D eigenvalue weighted by Crippen LogP contribution is -2.36. The lowest BCUT2D eigenvalue weighted by atomic mass is 10.0. The Bertz CT molecular complexity index is 1320. The van der Waals surface area contributed by atoms with Gasteiger partial charge in [0.15, 0.2) is 5.65 Å². The molecule has 0 atom stereocenters. The van der Waals surface area contributed by atoms with Crippen molar-refractivity contribution in [2.24, 2.45) is 0 Å². The number of aliphatic hydroxyl groups excluding tert-OH is 1. The molecule has 1 aromatic carbocycles. The fourth-order valence-corrected chi connectivity index (χ4v) is 4.30. The minimum absolute atomic E-state index is 0.0425. The van der Waals surface area contributed by atoms with Gasteiger partial charge in [0.1, 0.15) is 11.5 Å². The molecule has 0 saturated heterocycles. The first-order chi connectivity index (χ1) is 15.1. The summed E-state index contributed by atoms with van der Waals surface area (Å²) in [7, 11) is 1.60. The number of aromatic nitrogens is 3. The first-order valence-corrected chi connectivity index (χ1v) is 10.2. The summed E-state index contributed by atoms with van der Waals surface area (Å²) in [5.74, 6) is 1.47. The third-order valence-corrected chi connectivity index (χ3v) is 5.92. The standard InChI is InChI=1S/C23H24N4O4/c1-14-17(6-8-31-14)19-10-22-24-20-12-26(7-5-18(20)23(29)27(22)25-19)11-15-3-4-21(30-2)16(9-15)13-28/h3-4,6,8-10,25,28H,5,7,11-13H2,1-2H3. The minimum Gasteiger partial charge on any atom is -0.496 e. The van der Waals surface area contributed by atoms with Crippen LogP contribution in [0.25, 0.3) is 16.9 Å². The number of hydrogen-bond acceptors (Lipinski definition) is 6. The highest BCUT2D eigenvalue weighted by Gasteiger charge is 2.23. The largest absolute Gasteiger partial charge is 0.496 e. The highest BCUT2D eigenvalue weighted by Crippen LogP contribution is 2.25. The molecule has 160 valence electrons. The van der Waals surface area contributed by atoms with E-state index in [0.717, 1.165) is 45.9 Å². The monoisotopic (exact) mass is 420 g/mol. The van der Waals surface area contributed by atoms with E-state index >= 15 is 0 Å². The summed E-state index contributed by atoms with van der Waals surface area (Å²) in [4.78, 5) is 20.1. The number of methoxy groups -OCH3 is 1. The number of rotatable bonds is 5. The molecule has 0 bridgehead atoms. The summed E-state index contributed by atoms with van der Waals surface area (Å²) in [6.45, 7) is 3.91. The Morgan fingerprint density at radius 3 is 2.90 bits per heavy atom. The number of aromatic amines is 1. The number of ether oxygens (including phenoxy) is 1. The van der Waals surface area contributed by atoms with E-state index in [0.29, 0.717) is 30.9 Å². The molecule has 4 heterocycles. The van der Waals surface area contributed by atoms with E-state index in [1.807, 2.05) is 37.3 Å². The maximum absolute atomic E-state index is 13.1. The van der Waals surface area contributed by atoms with Crippen LogP contribution >= 0.6 is 0 Å². The predicted molar refractivity (Wildman–Crippen MR) is 115 cm³/mol. The second kappa shape index (κ2) is 7.72. The molecule has 8 heteroatoms. The van der Waals surface area contributed by atoms with Crippen molar-refractivity contribution in [1.29, 1.82) is 0 Å². The van der Waals surface area contributed by atoms with Crippen LogP contribution in [-0.2, 0) is 26.1 Å². The second-order valence-electron chi connectivity index (χ2n) is 7.86. The van der Waals surface area contributed by atoms with Crippen LogP contribution in [0.3, 0.4) is 0 Å². The molecule has 1 aliphatic heterocycles. The van der Waals surface area contributed by atoms with Crippen molar-refractivity contribution in [3.05, 3.63) is 75.1 Å². The third kappa shape index (κ3) is 3.43. The summed E-state index contributed by atoms with van der Waals surface area (Å²) >= 11 is 0. The normalized spacial score (nSPS) is 14.2. The van der Waals surface area contributed by atoms with Crippen LogP contribution in [0.5, 0.6) is 5.75 Å². The topological polar surface area (TPSA) is 96.0 Å². The fourth-order valence-electron chi connectivity index (χ4n) is 4.30. The molecule has 4 aromatic rings. The summed E-state index contributed by atoms with van der Waals surface area (Å²) < 4.78 is 12.2. The van der Waals surface area contributed by atoms with Crippen molar-refractivity contribution in [1.82, 2.24) is 19.5 Å². The Morgan fingerprint density at radius 1 is 1.29 bits per heavy atom. The molecule has 0 aliphatic carbocycles. The van der Waals surface area contributed by atoms with Gasteiger partial charge in [0.2, 0.25) is 0 Å². The number of benzene rings is 1. The maximum atomic E-state index is 13.1. The Balaban J connectivity index is 1.44. The second-order valence-corrected chi connectivity index (χ2v) is 7.86. The van der Waals surface area contributed by atoms with Gasteiger partial charge in [-0.2, -0.15) is 0 Å². The van der Waals surface area contributed by atoms with Crippen LogP contribution in [0.2, 0.25) is 0 Å². The lowest BCUT2D eigenvalue weighted by molar-refractivity contribution is 0.239. The van der Waals surface area contributed by atoms with Crippen LogP contribution in [0, 0.1) is 6.92 Å². The van der Waals surface area contributed by atoms with Gasteiger partial charge in [-0.3, -0.25) is 14.8 Å². The summed E-state index contributed by atoms with van der Waals surface area (Å²) in [5, 5.41) is 12.7. The van der Waals surface area contributed by atoms with Gasteiger partial charge >= 0.3 is 0 Å². The molecule has 0 unspecified atom stereocenters. The van der Waals surface area contributed by atoms with Crippen molar-refractivity contribution < 1.29 is 14.3 Å². The Hall–Kier alpha value is -3.36. The number of furan rings is 1. The Labute approximate surface area is 178 Å². The molecule has 0 radical (unpaired) electrons. The van der Waals surface area contributed by atoms with Gasteiger partial charge < -0.3 is 14.3 Å². The zero-order valence-corrected chi connectivity index (χ0v) is 17.5. The zero-order valence-electron chi connectivity index (χ0n) is 17.5. The number of nitrogens with one attached hydrogen (secondary N) is 1. The van der Waals surface area contributed by atoms with Crippen molar-refractivity contribution in [2.45, 2.75) is 33.0 Å². The first kappa shape index (κ1) is 19.6. The van der Waals surface area contributed by atoms with Crippen molar-refractivity contribution >= 4 is 5.65 Å². The van der Waals surface area contributed by atoms with Crippen LogP contribution in [-0.4, -0.2) is 38.3 Å². The molecule has 8 nitrogen and oxygen atoms in total. The molecule has 1 aliphatic rings. The van der Waals surface area contributed by atoms with Crippen LogP contribution in [0.4, 0.5) is 0 Å². The number of aryl methyl sites for hydroxylation is 1. The predicted octanol–water partition coefficient (Wildman–Crippen LogP) is 2.65. The van der Waals surface area contributed by atoms with E-state index in [-0.39, 0.29) is 12.2 Å². The van der Waals surface area contributed by atoms with Crippen LogP contribution in [0.1, 0.15) is 28.1 Å². The van der Waals surface area contributed by atoms with Gasteiger partial charge in [-0.1, -0.05) is 6.07 Å². The molecular formula is C23H24N4O4. The number of nitrogens with zero attached hydrogens (tertiary/aromatic N) is 3. The molecule has 5 rings (SSSR count). The van der Waals surface area contributed by atoms with E-state index in [9.17, 15) is 9.90 Å². The highest BCUT2D eigenvalue weighted by atomic mass is 16.5. The summed E-state index contributed by atoms with van der Waals surface area (Å²) in [6, 6.07) is 9.61. The molecule has 31 heavy (non-hydrogen) atoms. The molecule has 2 N–H and O–H groups in total. The van der Waals surface area contributed by atoms with Gasteiger partial charge in [-0.25, -0.2) is 9.50 Å². The van der Waals surface area contributed by atoms with E-state index in [2.05, 4.69) is 10.00 Å². The zero-order chi connectivity index (χ0) is 21.5. The van der Waals surface area contributed by atoms with Gasteiger partial charge in [-0.15, -0.1) is 0 Å². The van der Waals surface area contributed by atoms with E-state index in [1.54, 1.807) is 13.4 Å². The molecule has 0 saturated carbocycles. The molecule has 0 spiro atoms. The van der Waals surface area contributed by atoms with Crippen molar-refractivity contribution in [3.63, 3.8) is 0 Å². The van der Waals surface area contributed by atoms with Gasteiger partial charge in [-0.05, 0) is 37.1 Å². The van der Waals surface area contributed by atoms with Gasteiger partial charge in [0, 0.05) is 42.4 Å². The average Bonchev–Trinajstić information content (AvgIpc) is 3.39. The third-order valence-electron chi connectivity index (χ3n) is 5.92. The smallest absolute Gasteiger partial charge is 0.276 e. The number of H-pyrrole nitrogens is 1. The van der Waals surface area contributed by atoms with Crippen LogP contribution < -0.4 is 10.3 Å². The van der Waals surface area contributed by atoms with E-state index in [1.165, 1.54) is 4.52 Å². The van der Waals surface area contributed by atoms with E-state index in [4.69, 9.17) is 14.1 Å². The number of fused-ring (bicyclic) bond motifs is 2. The van der Waals surface area contributed by atoms with Gasteiger partial charge in [0.05, 0.1) is 31.4 Å². The fraction of sp³-hybridized carbons (Fsp3) is 0.304. The first-order valence-electron chi connectivity index (χ1n) is 10.2. The molecular weight excluding hydrogens is 396 g/mol. The maximum Gasteiger partial charge on any atom is 0.276 e.